The zero-order valence-electron chi connectivity index (χ0n) is 22.7. The van der Waals surface area contributed by atoms with Crippen LogP contribution in [0.3, 0.4) is 0 Å². The Labute approximate surface area is 253 Å². The topological polar surface area (TPSA) is 269 Å². The molecule has 0 bridgehead atoms. The molecule has 0 aromatic heterocycles. The third-order valence-electron chi connectivity index (χ3n) is 7.28. The third kappa shape index (κ3) is 6.22. The van der Waals surface area contributed by atoms with Gasteiger partial charge in [-0.05, 0) is 25.1 Å². The maximum Gasteiger partial charge on any atom is 0.229 e. The lowest BCUT2D eigenvalue weighted by atomic mass is 9.98. The molecule has 10 N–H and O–H groups in total. The highest BCUT2D eigenvalue weighted by atomic mass is 35.5. The van der Waals surface area contributed by atoms with Crippen LogP contribution in [0.2, 0.25) is 0 Å². The number of hydrogen-bond acceptors (Lipinski definition) is 16. The number of rotatable bonds is 6. The standard InChI is InChI=1S/C27H30O16.ClH/c1-8-18(32)21(35)23(37)26(40-8)39-7-17-20(34)22(36)24(38)27(43-17)42-16-6-11-12(29)4-10(28)5-15(11)41-25(16)9-2-13(30)19(33)14(31)3-9;/h2-6,8,17-18,20-24,26-27,29-38H,7H2,1H3;1H/t8-,17+,18-,20+,21+,22-,23+,24+,26+,27+;/m0./s1. The van der Waals surface area contributed by atoms with Gasteiger partial charge in [-0.2, -0.15) is 0 Å². The monoisotopic (exact) mass is 646 g/mol. The van der Waals surface area contributed by atoms with Crippen LogP contribution in [-0.2, 0) is 14.2 Å². The average molecular weight is 647 g/mol. The minimum Gasteiger partial charge on any atom is -0.507 e. The molecule has 0 saturated carbocycles. The van der Waals surface area contributed by atoms with Gasteiger partial charge in [0, 0.05) is 17.7 Å². The molecule has 4 aliphatic rings. The van der Waals surface area contributed by atoms with E-state index in [0.717, 1.165) is 24.3 Å². The zero-order chi connectivity index (χ0) is 31.3. The summed E-state index contributed by atoms with van der Waals surface area (Å²) in [5.41, 5.74) is -0.738. The van der Waals surface area contributed by atoms with Gasteiger partial charge < -0.3 is 74.4 Å². The second-order valence-corrected chi connectivity index (χ2v) is 10.3. The van der Waals surface area contributed by atoms with E-state index < -0.39 is 96.4 Å². The molecule has 3 heterocycles. The number of hydrogen-bond donors (Lipinski definition) is 10. The molecule has 0 unspecified atom stereocenters. The van der Waals surface area contributed by atoms with Gasteiger partial charge in [0.1, 0.15) is 54.2 Å². The van der Waals surface area contributed by atoms with Gasteiger partial charge in [-0.15, -0.1) is 12.4 Å². The molecule has 3 aliphatic heterocycles. The molecule has 17 heteroatoms. The maximum absolute atomic E-state index is 12.0. The fraction of sp³-hybridized carbons (Fsp3) is 0.444. The molecular weight excluding hydrogens is 616 g/mol. The number of ether oxygens (including phenoxy) is 4. The van der Waals surface area contributed by atoms with E-state index in [1.165, 1.54) is 13.0 Å². The van der Waals surface area contributed by atoms with Crippen molar-refractivity contribution in [1.29, 1.82) is 0 Å². The molecular formula is C27H31ClO16. The minimum atomic E-state index is -1.89. The summed E-state index contributed by atoms with van der Waals surface area (Å²) in [4.78, 5) is 12.0. The average Bonchev–Trinajstić information content (AvgIpc) is 2.96. The first kappa shape index (κ1) is 33.5. The van der Waals surface area contributed by atoms with Crippen LogP contribution in [0.1, 0.15) is 6.92 Å². The Morgan fingerprint density at radius 1 is 0.727 bits per heavy atom. The molecule has 0 amide bonds. The molecule has 1 aliphatic carbocycles. The molecule has 10 atom stereocenters. The Morgan fingerprint density at radius 3 is 2.00 bits per heavy atom. The summed E-state index contributed by atoms with van der Waals surface area (Å²) in [7, 11) is 0. The second kappa shape index (κ2) is 12.9. The van der Waals surface area contributed by atoms with Gasteiger partial charge in [0.25, 0.3) is 0 Å². The number of phenols is 4. The number of benzene rings is 2. The fourth-order valence-corrected chi connectivity index (χ4v) is 4.82. The molecule has 0 spiro atoms. The zero-order valence-corrected chi connectivity index (χ0v) is 23.5. The summed E-state index contributed by atoms with van der Waals surface area (Å²) in [5.74, 6) is -3.57. The van der Waals surface area contributed by atoms with Crippen LogP contribution in [0.4, 0.5) is 0 Å². The van der Waals surface area contributed by atoms with E-state index in [4.69, 9.17) is 23.4 Å². The van der Waals surface area contributed by atoms with E-state index in [0.29, 0.717) is 0 Å². The molecule has 44 heavy (non-hydrogen) atoms. The largest absolute Gasteiger partial charge is 0.507 e. The van der Waals surface area contributed by atoms with Gasteiger partial charge in [0.2, 0.25) is 6.29 Å². The molecule has 5 rings (SSSR count). The van der Waals surface area contributed by atoms with Gasteiger partial charge in [-0.3, -0.25) is 4.79 Å². The van der Waals surface area contributed by atoms with E-state index in [9.17, 15) is 55.9 Å². The van der Waals surface area contributed by atoms with Gasteiger partial charge in [0.15, 0.2) is 40.5 Å². The first-order valence-corrected chi connectivity index (χ1v) is 13.0. The van der Waals surface area contributed by atoms with E-state index in [1.807, 2.05) is 0 Å². The number of fused-ring (bicyclic) bond motifs is 1. The van der Waals surface area contributed by atoms with Crippen molar-refractivity contribution in [1.82, 2.24) is 0 Å². The number of aliphatic hydroxyl groups excluding tert-OH is 6. The number of halogens is 1. The second-order valence-electron chi connectivity index (χ2n) is 10.3. The Morgan fingerprint density at radius 2 is 1.34 bits per heavy atom. The highest BCUT2D eigenvalue weighted by molar-refractivity contribution is 5.85. The predicted molar refractivity (Wildman–Crippen MR) is 147 cm³/mol. The molecule has 1 aromatic rings. The van der Waals surface area contributed by atoms with E-state index >= 15 is 0 Å². The number of aliphatic hydroxyl groups is 6. The van der Waals surface area contributed by atoms with Crippen LogP contribution in [-0.4, -0.2) is 119 Å². The summed E-state index contributed by atoms with van der Waals surface area (Å²) >= 11 is 0. The van der Waals surface area contributed by atoms with Crippen LogP contribution in [0.25, 0.3) is 22.6 Å². The highest BCUT2D eigenvalue weighted by Crippen LogP contribution is 2.45. The van der Waals surface area contributed by atoms with E-state index in [-0.39, 0.29) is 40.8 Å². The smallest absolute Gasteiger partial charge is 0.229 e. The summed E-state index contributed by atoms with van der Waals surface area (Å²) in [5, 5.41) is 102. The number of phenolic OH excluding ortho intramolecular Hbond substituents is 4. The Hall–Kier alpha value is -3.42. The summed E-state index contributed by atoms with van der Waals surface area (Å²) in [6, 6.07) is 5.10. The van der Waals surface area contributed by atoms with Crippen molar-refractivity contribution in [3.63, 3.8) is 0 Å². The van der Waals surface area contributed by atoms with Crippen molar-refractivity contribution in [2.45, 2.75) is 68.3 Å². The summed E-state index contributed by atoms with van der Waals surface area (Å²) in [6.07, 6.45) is -15.7. The van der Waals surface area contributed by atoms with Crippen LogP contribution in [0.5, 0.6) is 28.7 Å². The quantitative estimate of drug-likeness (QED) is 0.139. The van der Waals surface area contributed by atoms with E-state index in [2.05, 4.69) is 0 Å². The van der Waals surface area contributed by atoms with Crippen LogP contribution < -0.4 is 10.2 Å². The third-order valence-corrected chi connectivity index (χ3v) is 7.28. The molecule has 242 valence electrons. The van der Waals surface area contributed by atoms with Crippen molar-refractivity contribution < 1.29 is 74.4 Å². The maximum atomic E-state index is 12.0. The van der Waals surface area contributed by atoms with Crippen molar-refractivity contribution in [3.8, 4) is 51.4 Å². The Kier molecular flexibility index (Phi) is 9.81. The number of aromatic hydroxyl groups is 4. The Balaban J connectivity index is 0.00000442. The molecule has 16 nitrogen and oxygen atoms in total. The summed E-state index contributed by atoms with van der Waals surface area (Å²) < 4.78 is 28.0. The van der Waals surface area contributed by atoms with Crippen molar-refractivity contribution in [2.24, 2.45) is 0 Å². The van der Waals surface area contributed by atoms with E-state index in [1.54, 1.807) is 0 Å². The molecule has 1 aromatic carbocycles. The van der Waals surface area contributed by atoms with Crippen LogP contribution in [0, 0.1) is 0 Å². The summed E-state index contributed by atoms with van der Waals surface area (Å²) in [6.45, 7) is 0.866. The molecule has 2 fully saturated rings. The lowest BCUT2D eigenvalue weighted by Gasteiger charge is -2.42. The Bertz CT molecular complexity index is 1470. The normalized spacial score (nSPS) is 32.2. The van der Waals surface area contributed by atoms with Gasteiger partial charge in [-0.25, -0.2) is 0 Å². The van der Waals surface area contributed by atoms with Crippen molar-refractivity contribution in [3.05, 3.63) is 40.6 Å². The molecule has 2 saturated heterocycles. The van der Waals surface area contributed by atoms with Crippen molar-refractivity contribution in [2.75, 3.05) is 6.61 Å². The van der Waals surface area contributed by atoms with Gasteiger partial charge in [0.05, 0.1) is 18.3 Å². The lowest BCUT2D eigenvalue weighted by molar-refractivity contribution is -0.318. The predicted octanol–water partition coefficient (Wildman–Crippen LogP) is -1.31. The fourth-order valence-electron chi connectivity index (χ4n) is 4.82. The van der Waals surface area contributed by atoms with Crippen molar-refractivity contribution >= 4 is 12.4 Å². The van der Waals surface area contributed by atoms with Crippen LogP contribution in [0.15, 0.2) is 39.5 Å². The van der Waals surface area contributed by atoms with Gasteiger partial charge in [-0.1, -0.05) is 0 Å². The minimum absolute atomic E-state index is 0. The van der Waals surface area contributed by atoms with Gasteiger partial charge >= 0.3 is 0 Å². The lowest BCUT2D eigenvalue weighted by Crippen LogP contribution is -2.61. The first-order valence-electron chi connectivity index (χ1n) is 13.0. The van der Waals surface area contributed by atoms with Crippen LogP contribution >= 0.6 is 12.4 Å². The molecule has 0 radical (unpaired) electrons. The first-order chi connectivity index (χ1) is 20.3. The highest BCUT2D eigenvalue weighted by Gasteiger charge is 2.47. The SMILES string of the molecule is C[C@@H]1O[C@@H](OC[C@H]2O[C@@H](Oc3cc4c(O)cc(=O)cc-4oc3-c3cc(O)c(O)c(O)c3)[C@H](O)[C@@H](O)[C@@H]2O)[C@H](O)[C@H](O)[C@H]1O.Cl.